The number of aromatic nitrogens is 1. The number of aromatic amines is 1. The molecule has 0 spiro atoms. The van der Waals surface area contributed by atoms with Crippen LogP contribution in [-0.2, 0) is 25.6 Å². The first-order valence-electron chi connectivity index (χ1n) is 18.5. The van der Waals surface area contributed by atoms with Gasteiger partial charge in [-0.15, -0.1) is 0 Å². The maximum atomic E-state index is 14.0. The van der Waals surface area contributed by atoms with E-state index in [2.05, 4.69) is 50.7 Å². The molecule has 12 heteroatoms. The fourth-order valence-corrected chi connectivity index (χ4v) is 5.82. The Morgan fingerprint density at radius 2 is 1.27 bits per heavy atom. The van der Waals surface area contributed by atoms with Gasteiger partial charge in [0.15, 0.2) is 12.4 Å². The lowest BCUT2D eigenvalue weighted by atomic mass is 9.99. The van der Waals surface area contributed by atoms with Crippen LogP contribution >= 0.6 is 0 Å². The number of amides is 5. The minimum atomic E-state index is -0.876. The molecule has 0 radical (unpaired) electrons. The van der Waals surface area contributed by atoms with Crippen LogP contribution in [0.5, 0.6) is 0 Å². The van der Waals surface area contributed by atoms with Crippen molar-refractivity contribution < 1.29 is 29.0 Å². The highest BCUT2D eigenvalue weighted by molar-refractivity contribution is 5.98. The van der Waals surface area contributed by atoms with Gasteiger partial charge in [-0.1, -0.05) is 78.8 Å². The van der Waals surface area contributed by atoms with Gasteiger partial charge in [-0.2, -0.15) is 0 Å². The standard InChI is InChI=1S/C39H61N7O5/c1-9-31(36(48)46-34(27(7)8)39(51)41-10-2)42-24-30(22-25(3)4)43-37(49)32(17-16-28-14-12-11-13-15-28)44-38(50)33(23-26(5)6)45-35(47)29-18-20-40-21-19-29/h11-15,18-21,25-27,30-34,42H,9-10,16-17,22-24H2,1-8H3,(H,41,51)(H,43,49)(H,44,50)(H,45,47)(H,46,48)/p+1/t30-,31-,32-,33-,34-/m0/s1. The third-order valence-electron chi connectivity index (χ3n) is 8.54. The van der Waals surface area contributed by atoms with Crippen LogP contribution in [0.1, 0.15) is 97.0 Å². The third-order valence-corrected chi connectivity index (χ3v) is 8.54. The number of carbonyl (C=O) groups is 5. The van der Waals surface area contributed by atoms with Crippen LogP contribution in [0.15, 0.2) is 54.9 Å². The van der Waals surface area contributed by atoms with Crippen molar-refractivity contribution in [3.63, 3.8) is 0 Å². The second-order valence-corrected chi connectivity index (χ2v) is 14.4. The summed E-state index contributed by atoms with van der Waals surface area (Å²) in [5.74, 6) is -1.42. The molecule has 0 aliphatic heterocycles. The Morgan fingerprint density at radius 3 is 1.84 bits per heavy atom. The van der Waals surface area contributed by atoms with E-state index in [0.29, 0.717) is 50.8 Å². The van der Waals surface area contributed by atoms with E-state index in [9.17, 15) is 24.0 Å². The number of benzene rings is 1. The highest BCUT2D eigenvalue weighted by Gasteiger charge is 2.30. The number of hydrogen-bond donors (Lipinski definition) is 6. The van der Waals surface area contributed by atoms with Crippen molar-refractivity contribution in [2.45, 2.75) is 118 Å². The summed E-state index contributed by atoms with van der Waals surface area (Å²) in [6, 6.07) is 9.71. The van der Waals surface area contributed by atoms with Crippen molar-refractivity contribution in [3.8, 4) is 0 Å². The van der Waals surface area contributed by atoms with E-state index in [0.717, 1.165) is 5.56 Å². The van der Waals surface area contributed by atoms with Gasteiger partial charge in [-0.25, -0.2) is 4.98 Å². The van der Waals surface area contributed by atoms with E-state index in [1.807, 2.05) is 71.9 Å². The third kappa shape index (κ3) is 15.6. The lowest BCUT2D eigenvalue weighted by Crippen LogP contribution is -2.58. The average Bonchev–Trinajstić information content (AvgIpc) is 3.08. The van der Waals surface area contributed by atoms with E-state index in [-0.39, 0.29) is 47.4 Å². The van der Waals surface area contributed by atoms with Gasteiger partial charge in [-0.3, -0.25) is 24.0 Å². The molecular formula is C39H62N7O5+. The van der Waals surface area contributed by atoms with Crippen LogP contribution < -0.4 is 36.9 Å². The number of carbonyl (C=O) groups excluding carboxylic acids is 5. The Labute approximate surface area is 304 Å². The molecule has 0 saturated heterocycles. The van der Waals surface area contributed by atoms with Crippen molar-refractivity contribution >= 4 is 29.5 Å². The van der Waals surface area contributed by atoms with Gasteiger partial charge in [0.05, 0.1) is 11.6 Å². The summed E-state index contributed by atoms with van der Waals surface area (Å²) in [5, 5.41) is 18.0. The molecule has 0 aliphatic carbocycles. The van der Waals surface area contributed by atoms with E-state index in [1.165, 1.54) is 0 Å². The zero-order valence-corrected chi connectivity index (χ0v) is 31.8. The molecule has 5 amide bonds. The molecule has 0 fully saturated rings. The molecule has 0 unspecified atom stereocenters. The van der Waals surface area contributed by atoms with Gasteiger partial charge < -0.3 is 31.9 Å². The second-order valence-electron chi connectivity index (χ2n) is 14.4. The first-order chi connectivity index (χ1) is 24.2. The topological polar surface area (TPSA) is 172 Å². The molecule has 1 aromatic carbocycles. The van der Waals surface area contributed by atoms with Crippen molar-refractivity contribution in [1.82, 2.24) is 31.9 Å². The van der Waals surface area contributed by atoms with Gasteiger partial charge in [0.2, 0.25) is 23.6 Å². The van der Waals surface area contributed by atoms with E-state index in [4.69, 9.17) is 0 Å². The fraction of sp³-hybridized carbons (Fsp3) is 0.590. The molecule has 2 aromatic rings. The van der Waals surface area contributed by atoms with Crippen LogP contribution in [0, 0.1) is 17.8 Å². The normalized spacial score (nSPS) is 14.3. The summed E-state index contributed by atoms with van der Waals surface area (Å²) >= 11 is 0. The molecule has 5 atom stereocenters. The van der Waals surface area contributed by atoms with E-state index >= 15 is 0 Å². The van der Waals surface area contributed by atoms with Gasteiger partial charge >= 0.3 is 0 Å². The maximum absolute atomic E-state index is 14.0. The molecule has 0 saturated carbocycles. The summed E-state index contributed by atoms with van der Waals surface area (Å²) in [6.45, 7) is 16.3. The Morgan fingerprint density at radius 1 is 0.667 bits per heavy atom. The SMILES string of the molecule is CCNC(=O)[C@@H](NC(=O)[C@H](CC)NC[C@H](CC(C)C)NC(=O)[C@H](CCc1ccccc1)NC(=O)[C@H](CC(C)C)NC(=O)c1cc[nH+]cc1)C(C)C. The smallest absolute Gasteiger partial charge is 0.252 e. The van der Waals surface area contributed by atoms with Crippen molar-refractivity contribution in [2.24, 2.45) is 17.8 Å². The molecule has 51 heavy (non-hydrogen) atoms. The first-order valence-corrected chi connectivity index (χ1v) is 18.5. The Hall–Kier alpha value is -4.32. The summed E-state index contributed by atoms with van der Waals surface area (Å²) in [7, 11) is 0. The summed E-state index contributed by atoms with van der Waals surface area (Å²) in [5.41, 5.74) is 1.45. The summed E-state index contributed by atoms with van der Waals surface area (Å²) < 4.78 is 0. The zero-order chi connectivity index (χ0) is 37.9. The van der Waals surface area contributed by atoms with E-state index in [1.54, 1.807) is 24.5 Å². The Kier molecular flexibility index (Phi) is 18.9. The first kappa shape index (κ1) is 42.8. The highest BCUT2D eigenvalue weighted by Crippen LogP contribution is 2.12. The summed E-state index contributed by atoms with van der Waals surface area (Å²) in [6.07, 6.45) is 5.68. The van der Waals surface area contributed by atoms with Gasteiger partial charge in [0.1, 0.15) is 18.1 Å². The quantitative estimate of drug-likeness (QED) is 0.110. The maximum Gasteiger partial charge on any atom is 0.252 e. The fourth-order valence-electron chi connectivity index (χ4n) is 5.82. The minimum Gasteiger partial charge on any atom is -0.355 e. The van der Waals surface area contributed by atoms with Crippen LogP contribution in [-0.4, -0.2) is 72.8 Å². The largest absolute Gasteiger partial charge is 0.355 e. The Bertz CT molecular complexity index is 1370. The van der Waals surface area contributed by atoms with Crippen molar-refractivity contribution in [1.29, 1.82) is 0 Å². The zero-order valence-electron chi connectivity index (χ0n) is 31.8. The van der Waals surface area contributed by atoms with E-state index < -0.39 is 30.1 Å². The number of H-pyrrole nitrogens is 1. The number of pyridine rings is 1. The van der Waals surface area contributed by atoms with Crippen molar-refractivity contribution in [2.75, 3.05) is 13.1 Å². The highest BCUT2D eigenvalue weighted by atomic mass is 16.2. The summed E-state index contributed by atoms with van der Waals surface area (Å²) in [4.78, 5) is 69.6. The number of rotatable bonds is 22. The molecule has 2 rings (SSSR count). The van der Waals surface area contributed by atoms with Gasteiger partial charge in [0.25, 0.3) is 5.91 Å². The van der Waals surface area contributed by atoms with Crippen molar-refractivity contribution in [3.05, 3.63) is 66.0 Å². The molecule has 1 aromatic heterocycles. The van der Waals surface area contributed by atoms with Gasteiger partial charge in [0, 0.05) is 31.3 Å². The van der Waals surface area contributed by atoms with Gasteiger partial charge in [-0.05, 0) is 62.3 Å². The number of likely N-dealkylation sites (N-methyl/N-ethyl adjacent to an activating group) is 1. The van der Waals surface area contributed by atoms with Crippen LogP contribution in [0.3, 0.4) is 0 Å². The number of nitrogens with one attached hydrogen (secondary N) is 7. The molecule has 7 N–H and O–H groups in total. The molecule has 1 heterocycles. The predicted octanol–water partition coefficient (Wildman–Crippen LogP) is 2.94. The Balaban J connectivity index is 2.24. The lowest BCUT2D eigenvalue weighted by molar-refractivity contribution is -0.378. The lowest BCUT2D eigenvalue weighted by Gasteiger charge is -2.29. The van der Waals surface area contributed by atoms with Crippen LogP contribution in [0.25, 0.3) is 0 Å². The van der Waals surface area contributed by atoms with Crippen LogP contribution in [0.2, 0.25) is 0 Å². The molecule has 0 aliphatic rings. The number of aryl methyl sites for hydroxylation is 1. The second kappa shape index (κ2) is 22.5. The predicted molar refractivity (Wildman–Crippen MR) is 199 cm³/mol. The monoisotopic (exact) mass is 708 g/mol. The average molecular weight is 709 g/mol. The minimum absolute atomic E-state index is 0.0977. The molecule has 12 nitrogen and oxygen atoms in total. The molecule has 0 bridgehead atoms. The van der Waals surface area contributed by atoms with Crippen LogP contribution in [0.4, 0.5) is 0 Å². The molecule has 282 valence electrons. The number of hydrogen-bond acceptors (Lipinski definition) is 6. The molecular weight excluding hydrogens is 646 g/mol.